The molecule has 3 nitrogen and oxygen atoms in total. The first-order valence-electron chi connectivity index (χ1n) is 7.23. The second-order valence-electron chi connectivity index (χ2n) is 6.58. The molecule has 1 aliphatic heterocycles. The molecule has 1 fully saturated rings. The molecule has 1 unspecified atom stereocenters. The fraction of sp³-hybridized carbons (Fsp3) is 0.857. The number of unbranched alkanes of at least 4 members (excludes halogenated alkanes) is 3. The van der Waals surface area contributed by atoms with Gasteiger partial charge in [0.1, 0.15) is 0 Å². The Morgan fingerprint density at radius 2 is 1.84 bits per heavy atom. The summed E-state index contributed by atoms with van der Waals surface area (Å²) in [5, 5.41) is -0.118. The maximum absolute atomic E-state index is 11.7. The van der Waals surface area contributed by atoms with Crippen LogP contribution in [0.3, 0.4) is 0 Å². The molecule has 0 bridgehead atoms. The average Bonchev–Trinajstić information content (AvgIpc) is 2.54. The fourth-order valence-corrected chi connectivity index (χ4v) is 3.40. The summed E-state index contributed by atoms with van der Waals surface area (Å²) in [7, 11) is 1.58. The van der Waals surface area contributed by atoms with Crippen molar-refractivity contribution in [3.63, 3.8) is 0 Å². The van der Waals surface area contributed by atoms with Crippen LogP contribution in [0.1, 0.15) is 59.3 Å². The van der Waals surface area contributed by atoms with E-state index in [0.717, 1.165) is 12.2 Å². The normalized spacial score (nSPS) is 20.4. The van der Waals surface area contributed by atoms with E-state index in [1.807, 2.05) is 0 Å². The number of carbonyl (C=O) groups excluding carboxylic acids is 2. The number of thioether (sulfide) groups is 1. The summed E-state index contributed by atoms with van der Waals surface area (Å²) in [5.41, 5.74) is 0.440. The molecule has 19 heavy (non-hydrogen) atoms. The monoisotopic (exact) mass is 283 g/mol. The first kappa shape index (κ1) is 16.6. The van der Waals surface area contributed by atoms with Crippen LogP contribution < -0.4 is 0 Å². The average molecular weight is 283 g/mol. The van der Waals surface area contributed by atoms with Crippen LogP contribution in [0.5, 0.6) is 0 Å². The van der Waals surface area contributed by atoms with E-state index in [1.165, 1.54) is 30.5 Å². The van der Waals surface area contributed by atoms with Crippen LogP contribution in [0, 0.1) is 5.41 Å². The third kappa shape index (κ3) is 6.02. The number of nitrogens with zero attached hydrogens (tertiary/aromatic N) is 1. The van der Waals surface area contributed by atoms with Crippen LogP contribution >= 0.6 is 11.8 Å². The minimum atomic E-state index is -0.118. The molecule has 0 radical (unpaired) electrons. The van der Waals surface area contributed by atoms with Crippen molar-refractivity contribution >= 4 is 31.6 Å². The lowest BCUT2D eigenvalue weighted by molar-refractivity contribution is -0.132. The molecule has 0 aromatic heterocycles. The van der Waals surface area contributed by atoms with E-state index in [2.05, 4.69) is 20.8 Å². The van der Waals surface area contributed by atoms with Crippen molar-refractivity contribution in [1.82, 2.24) is 4.81 Å². The molecule has 0 aromatic carbocycles. The molecule has 0 aromatic rings. The van der Waals surface area contributed by atoms with Gasteiger partial charge in [-0.25, -0.2) is 0 Å². The smallest absolute Gasteiger partial charge is 0.231 e. The second kappa shape index (κ2) is 7.37. The number of hydrogen-bond donors (Lipinski definition) is 0. The predicted octanol–water partition coefficient (Wildman–Crippen LogP) is 2.39. The highest BCUT2D eigenvalue weighted by atomic mass is 32.2. The molecule has 0 aliphatic carbocycles. The lowest BCUT2D eigenvalue weighted by Crippen LogP contribution is -2.28. The van der Waals surface area contributed by atoms with E-state index in [0.29, 0.717) is 11.8 Å². The van der Waals surface area contributed by atoms with E-state index in [4.69, 9.17) is 0 Å². The highest BCUT2D eigenvalue weighted by molar-refractivity contribution is 8.00. The van der Waals surface area contributed by atoms with Crippen LogP contribution in [-0.2, 0) is 9.59 Å². The van der Waals surface area contributed by atoms with Crippen molar-refractivity contribution in [2.24, 2.45) is 5.41 Å². The van der Waals surface area contributed by atoms with E-state index in [9.17, 15) is 9.59 Å². The summed E-state index contributed by atoms with van der Waals surface area (Å²) in [4.78, 5) is 24.3. The highest BCUT2D eigenvalue weighted by Gasteiger charge is 2.35. The van der Waals surface area contributed by atoms with Gasteiger partial charge in [0.25, 0.3) is 0 Å². The maximum Gasteiger partial charge on any atom is 0.231 e. The molecule has 1 atom stereocenters. The first-order chi connectivity index (χ1) is 8.81. The summed E-state index contributed by atoms with van der Waals surface area (Å²) < 4.78 is 0. The second-order valence-corrected chi connectivity index (χ2v) is 7.89. The van der Waals surface area contributed by atoms with Gasteiger partial charge >= 0.3 is 0 Å². The lowest BCUT2D eigenvalue weighted by atomic mass is 9.89. The number of imide groups is 1. The maximum atomic E-state index is 11.7. The van der Waals surface area contributed by atoms with Crippen LogP contribution in [0.4, 0.5) is 0 Å². The zero-order valence-electron chi connectivity index (χ0n) is 12.7. The van der Waals surface area contributed by atoms with Crippen LogP contribution in [-0.4, -0.2) is 35.6 Å². The lowest BCUT2D eigenvalue weighted by Gasteiger charge is -2.17. The third-order valence-electron chi connectivity index (χ3n) is 3.48. The Hall–Kier alpha value is -0.445. The van der Waals surface area contributed by atoms with E-state index < -0.39 is 0 Å². The van der Waals surface area contributed by atoms with Gasteiger partial charge in [-0.05, 0) is 24.0 Å². The van der Waals surface area contributed by atoms with Gasteiger partial charge in [-0.15, -0.1) is 11.8 Å². The molecule has 0 spiro atoms. The van der Waals surface area contributed by atoms with Crippen molar-refractivity contribution < 1.29 is 9.59 Å². The van der Waals surface area contributed by atoms with Crippen molar-refractivity contribution in [3.05, 3.63) is 0 Å². The fourth-order valence-electron chi connectivity index (χ4n) is 2.19. The number of carbonyl (C=O) groups is 2. The quantitative estimate of drug-likeness (QED) is 0.409. The Morgan fingerprint density at radius 1 is 1.21 bits per heavy atom. The highest BCUT2D eigenvalue weighted by Crippen LogP contribution is 2.26. The van der Waals surface area contributed by atoms with Crippen molar-refractivity contribution in [2.45, 2.75) is 64.5 Å². The third-order valence-corrected chi connectivity index (χ3v) is 4.78. The van der Waals surface area contributed by atoms with Gasteiger partial charge in [0.05, 0.1) is 5.25 Å². The Kier molecular flexibility index (Phi) is 6.44. The van der Waals surface area contributed by atoms with Gasteiger partial charge in [0.2, 0.25) is 19.8 Å². The Morgan fingerprint density at radius 3 is 2.37 bits per heavy atom. The predicted molar refractivity (Wildman–Crippen MR) is 83.8 cm³/mol. The molecule has 5 heteroatoms. The Bertz CT molecular complexity index is 328. The molecule has 2 amide bonds. The molecular formula is C14H26BNO2S. The van der Waals surface area contributed by atoms with Crippen molar-refractivity contribution in [2.75, 3.05) is 5.75 Å². The zero-order chi connectivity index (χ0) is 14.5. The minimum absolute atomic E-state index is 0.0114. The molecule has 1 heterocycles. The summed E-state index contributed by atoms with van der Waals surface area (Å²) in [6.45, 7) is 6.84. The molecule has 0 saturated carbocycles. The molecule has 1 rings (SSSR count). The van der Waals surface area contributed by atoms with Gasteiger partial charge < -0.3 is 4.81 Å². The van der Waals surface area contributed by atoms with Gasteiger partial charge in [0, 0.05) is 6.42 Å². The molecule has 1 saturated heterocycles. The standard InChI is InChI=1S/C14H26BNO2S/c1-14(2,3)8-6-4-5-7-9-19-11-10-12(17)16(15)13(11)18/h11H,4-10,15H2,1-3H3. The van der Waals surface area contributed by atoms with Crippen molar-refractivity contribution in [3.8, 4) is 0 Å². The van der Waals surface area contributed by atoms with Gasteiger partial charge in [0.15, 0.2) is 0 Å². The summed E-state index contributed by atoms with van der Waals surface area (Å²) in [6, 6.07) is 0. The van der Waals surface area contributed by atoms with Gasteiger partial charge in [-0.2, -0.15) is 0 Å². The SMILES string of the molecule is BN1C(=O)CC(SCCCCCCC(C)(C)C)C1=O. The number of hydrogen-bond acceptors (Lipinski definition) is 3. The molecule has 1 aliphatic rings. The van der Waals surface area contributed by atoms with E-state index in [1.54, 1.807) is 19.7 Å². The number of amides is 2. The van der Waals surface area contributed by atoms with Crippen LogP contribution in [0.15, 0.2) is 0 Å². The van der Waals surface area contributed by atoms with Gasteiger partial charge in [-0.3, -0.25) is 9.59 Å². The minimum Gasteiger partial charge on any atom is -0.336 e. The number of rotatable bonds is 7. The Labute approximate surface area is 122 Å². The topological polar surface area (TPSA) is 37.4 Å². The molecule has 0 N–H and O–H groups in total. The molecule has 108 valence electrons. The van der Waals surface area contributed by atoms with E-state index >= 15 is 0 Å². The summed E-state index contributed by atoms with van der Waals surface area (Å²) >= 11 is 1.65. The van der Waals surface area contributed by atoms with Crippen LogP contribution in [0.2, 0.25) is 0 Å². The molecular weight excluding hydrogens is 257 g/mol. The first-order valence-corrected chi connectivity index (χ1v) is 8.28. The van der Waals surface area contributed by atoms with Crippen molar-refractivity contribution in [1.29, 1.82) is 0 Å². The summed E-state index contributed by atoms with van der Waals surface area (Å²) in [6.07, 6.45) is 6.61. The zero-order valence-corrected chi connectivity index (χ0v) is 13.5. The Balaban J connectivity index is 2.03. The largest absolute Gasteiger partial charge is 0.336 e. The van der Waals surface area contributed by atoms with E-state index in [-0.39, 0.29) is 17.1 Å². The van der Waals surface area contributed by atoms with Gasteiger partial charge in [-0.1, -0.05) is 40.0 Å². The van der Waals surface area contributed by atoms with Crippen LogP contribution in [0.25, 0.3) is 0 Å². The summed E-state index contributed by atoms with van der Waals surface area (Å²) in [5.74, 6) is 0.947.